The average Bonchev–Trinajstić information content (AvgIpc) is 2.49. The van der Waals surface area contributed by atoms with E-state index in [0.717, 1.165) is 5.56 Å². The van der Waals surface area contributed by atoms with E-state index in [0.29, 0.717) is 6.54 Å². The van der Waals surface area contributed by atoms with Gasteiger partial charge < -0.3 is 4.90 Å². The highest BCUT2D eigenvalue weighted by atomic mass is 32.2. The molecule has 0 aliphatic rings. The first kappa shape index (κ1) is 15.7. The number of hydrogen-bond donors (Lipinski definition) is 1. The van der Waals surface area contributed by atoms with Crippen LogP contribution in [0.1, 0.15) is 11.6 Å². The van der Waals surface area contributed by atoms with Crippen molar-refractivity contribution in [2.24, 2.45) is 0 Å². The molecule has 0 heterocycles. The van der Waals surface area contributed by atoms with Crippen LogP contribution in [-0.4, -0.2) is 34.0 Å². The molecule has 0 aliphatic heterocycles. The number of nitrogens with zero attached hydrogens (tertiary/aromatic N) is 1. The van der Waals surface area contributed by atoms with Crippen molar-refractivity contribution in [1.29, 1.82) is 0 Å². The van der Waals surface area contributed by atoms with Gasteiger partial charge in [-0.2, -0.15) is 0 Å². The van der Waals surface area contributed by atoms with Crippen molar-refractivity contribution >= 4 is 10.0 Å². The molecule has 5 heteroatoms. The van der Waals surface area contributed by atoms with E-state index in [1.54, 1.807) is 30.3 Å². The van der Waals surface area contributed by atoms with Gasteiger partial charge in [0.15, 0.2) is 0 Å². The van der Waals surface area contributed by atoms with Crippen LogP contribution in [0, 0.1) is 0 Å². The van der Waals surface area contributed by atoms with Crippen LogP contribution in [0.25, 0.3) is 0 Å². The lowest BCUT2D eigenvalue weighted by molar-refractivity contribution is 0.299. The molecule has 0 fully saturated rings. The van der Waals surface area contributed by atoms with Gasteiger partial charge in [0.2, 0.25) is 10.0 Å². The number of nitrogens with one attached hydrogen (secondary N) is 1. The van der Waals surface area contributed by atoms with Gasteiger partial charge in [-0.25, -0.2) is 13.1 Å². The Morgan fingerprint density at radius 2 is 1.48 bits per heavy atom. The molecule has 0 saturated carbocycles. The van der Waals surface area contributed by atoms with E-state index >= 15 is 0 Å². The van der Waals surface area contributed by atoms with E-state index in [9.17, 15) is 8.42 Å². The minimum Gasteiger partial charge on any atom is -0.301 e. The zero-order chi connectivity index (χ0) is 15.3. The summed E-state index contributed by atoms with van der Waals surface area (Å²) in [4.78, 5) is 2.29. The number of likely N-dealkylation sites (N-methyl/N-ethyl adjacent to an activating group) is 1. The van der Waals surface area contributed by atoms with Crippen molar-refractivity contribution < 1.29 is 8.42 Å². The molecule has 2 aromatic carbocycles. The summed E-state index contributed by atoms with van der Waals surface area (Å²) in [7, 11) is 0.404. The summed E-state index contributed by atoms with van der Waals surface area (Å²) < 4.78 is 27.2. The molecule has 0 amide bonds. The van der Waals surface area contributed by atoms with E-state index < -0.39 is 10.0 Å². The molecular formula is C16H20N2O2S. The Hall–Kier alpha value is -1.69. The van der Waals surface area contributed by atoms with Gasteiger partial charge in [-0.1, -0.05) is 48.5 Å². The lowest BCUT2D eigenvalue weighted by atomic mass is 10.1. The number of sulfonamides is 1. The minimum atomic E-state index is -3.47. The Bertz CT molecular complexity index is 655. The lowest BCUT2D eigenvalue weighted by Gasteiger charge is -2.25. The summed E-state index contributed by atoms with van der Waals surface area (Å²) in [5.41, 5.74) is 1.08. The first-order valence-corrected chi connectivity index (χ1v) is 8.25. The summed E-state index contributed by atoms with van der Waals surface area (Å²) >= 11 is 0. The van der Waals surface area contributed by atoms with E-state index in [4.69, 9.17) is 0 Å². The summed E-state index contributed by atoms with van der Waals surface area (Å²) in [6, 6.07) is 18.3. The van der Waals surface area contributed by atoms with Crippen LogP contribution in [-0.2, 0) is 10.0 Å². The molecule has 1 N–H and O–H groups in total. The SMILES string of the molecule is CN(C)C(CNS(=O)(=O)c1ccccc1)c1ccccc1. The van der Waals surface area contributed by atoms with Crippen molar-refractivity contribution in [3.63, 3.8) is 0 Å². The zero-order valence-electron chi connectivity index (χ0n) is 12.2. The van der Waals surface area contributed by atoms with Gasteiger partial charge in [-0.15, -0.1) is 0 Å². The first-order chi connectivity index (χ1) is 10.0. The lowest BCUT2D eigenvalue weighted by Crippen LogP contribution is -2.34. The Morgan fingerprint density at radius 3 is 2.00 bits per heavy atom. The largest absolute Gasteiger partial charge is 0.301 e. The highest BCUT2D eigenvalue weighted by Gasteiger charge is 2.19. The van der Waals surface area contributed by atoms with Crippen LogP contribution >= 0.6 is 0 Å². The monoisotopic (exact) mass is 304 g/mol. The van der Waals surface area contributed by atoms with Gasteiger partial charge in [0.1, 0.15) is 0 Å². The first-order valence-electron chi connectivity index (χ1n) is 6.77. The highest BCUT2D eigenvalue weighted by Crippen LogP contribution is 2.18. The molecule has 0 aliphatic carbocycles. The quantitative estimate of drug-likeness (QED) is 0.890. The smallest absolute Gasteiger partial charge is 0.240 e. The summed E-state index contributed by atoms with van der Waals surface area (Å²) in [5, 5.41) is 0. The Kier molecular flexibility index (Phi) is 5.12. The molecule has 1 unspecified atom stereocenters. The Morgan fingerprint density at radius 1 is 0.952 bits per heavy atom. The maximum absolute atomic E-state index is 12.3. The maximum Gasteiger partial charge on any atom is 0.240 e. The standard InChI is InChI=1S/C16H20N2O2S/c1-18(2)16(14-9-5-3-6-10-14)13-17-21(19,20)15-11-7-4-8-12-15/h3-12,16-17H,13H2,1-2H3. The molecule has 0 bridgehead atoms. The second-order valence-corrected chi connectivity index (χ2v) is 6.82. The van der Waals surface area contributed by atoms with E-state index in [2.05, 4.69) is 4.72 Å². The molecule has 2 rings (SSSR count). The molecule has 4 nitrogen and oxygen atoms in total. The topological polar surface area (TPSA) is 49.4 Å². The molecular weight excluding hydrogens is 284 g/mol. The fourth-order valence-electron chi connectivity index (χ4n) is 2.15. The van der Waals surface area contributed by atoms with Crippen LogP contribution in [0.5, 0.6) is 0 Å². The molecule has 21 heavy (non-hydrogen) atoms. The van der Waals surface area contributed by atoms with Crippen LogP contribution in [0.4, 0.5) is 0 Å². The average molecular weight is 304 g/mol. The third-order valence-electron chi connectivity index (χ3n) is 3.33. The van der Waals surface area contributed by atoms with Crippen molar-refractivity contribution in [2.45, 2.75) is 10.9 Å². The number of rotatable bonds is 6. The Balaban J connectivity index is 2.13. The molecule has 0 saturated heterocycles. The van der Waals surface area contributed by atoms with Crippen molar-refractivity contribution in [2.75, 3.05) is 20.6 Å². The maximum atomic E-state index is 12.3. The van der Waals surface area contributed by atoms with Crippen molar-refractivity contribution in [3.8, 4) is 0 Å². The third-order valence-corrected chi connectivity index (χ3v) is 4.77. The predicted molar refractivity (Wildman–Crippen MR) is 84.5 cm³/mol. The van der Waals surface area contributed by atoms with Gasteiger partial charge in [0, 0.05) is 12.6 Å². The van der Waals surface area contributed by atoms with Crippen molar-refractivity contribution in [3.05, 3.63) is 66.2 Å². The third kappa shape index (κ3) is 4.14. The fraction of sp³-hybridized carbons (Fsp3) is 0.250. The summed E-state index contributed by atoms with van der Waals surface area (Å²) in [5.74, 6) is 0. The molecule has 0 aromatic heterocycles. The van der Waals surface area contributed by atoms with Crippen molar-refractivity contribution in [1.82, 2.24) is 9.62 Å². The molecule has 1 atom stereocenters. The van der Waals surface area contributed by atoms with Gasteiger partial charge >= 0.3 is 0 Å². The second-order valence-electron chi connectivity index (χ2n) is 5.06. The molecule has 0 radical (unpaired) electrons. The van der Waals surface area contributed by atoms with Gasteiger partial charge in [-0.05, 0) is 31.8 Å². The van der Waals surface area contributed by atoms with Gasteiger partial charge in [-0.3, -0.25) is 0 Å². The highest BCUT2D eigenvalue weighted by molar-refractivity contribution is 7.89. The molecule has 2 aromatic rings. The predicted octanol–water partition coefficient (Wildman–Crippen LogP) is 2.27. The van der Waals surface area contributed by atoms with E-state index in [-0.39, 0.29) is 10.9 Å². The van der Waals surface area contributed by atoms with E-state index in [1.165, 1.54) is 0 Å². The fourth-order valence-corrected chi connectivity index (χ4v) is 3.20. The van der Waals surface area contributed by atoms with Crippen LogP contribution in [0.15, 0.2) is 65.6 Å². The van der Waals surface area contributed by atoms with Crippen LogP contribution in [0.3, 0.4) is 0 Å². The van der Waals surface area contributed by atoms with E-state index in [1.807, 2.05) is 49.3 Å². The second kappa shape index (κ2) is 6.85. The summed E-state index contributed by atoms with van der Waals surface area (Å²) in [6.45, 7) is 0.328. The molecule has 112 valence electrons. The van der Waals surface area contributed by atoms with Gasteiger partial charge in [0.25, 0.3) is 0 Å². The number of benzene rings is 2. The molecule has 0 spiro atoms. The summed E-state index contributed by atoms with van der Waals surface area (Å²) in [6.07, 6.45) is 0. The van der Waals surface area contributed by atoms with Gasteiger partial charge in [0.05, 0.1) is 4.90 Å². The number of hydrogen-bond acceptors (Lipinski definition) is 3. The van der Waals surface area contributed by atoms with Crippen LogP contribution in [0.2, 0.25) is 0 Å². The zero-order valence-corrected chi connectivity index (χ0v) is 13.0. The normalized spacial score (nSPS) is 13.3. The van der Waals surface area contributed by atoms with Crippen LogP contribution < -0.4 is 4.72 Å². The minimum absolute atomic E-state index is 0.00955. The Labute approximate surface area is 126 Å².